The van der Waals surface area contributed by atoms with E-state index in [2.05, 4.69) is 5.10 Å². The second-order valence-corrected chi connectivity index (χ2v) is 5.52. The highest BCUT2D eigenvalue weighted by atomic mass is 19.4. The molecule has 8 N–H and O–H groups in total. The normalized spacial score (nSPS) is 13.3. The summed E-state index contributed by atoms with van der Waals surface area (Å²) in [6.07, 6.45) is -10.5. The van der Waals surface area contributed by atoms with E-state index in [0.717, 1.165) is 5.01 Å². The van der Waals surface area contributed by atoms with Crippen molar-refractivity contribution in [2.75, 3.05) is 19.6 Å². The van der Waals surface area contributed by atoms with Crippen molar-refractivity contribution in [1.29, 1.82) is 5.41 Å². The summed E-state index contributed by atoms with van der Waals surface area (Å²) in [6, 6.07) is -2.00. The number of alkyl halides is 6. The Kier molecular flexibility index (Phi) is 9.12. The largest absolute Gasteiger partial charge is 0.480 e. The summed E-state index contributed by atoms with van der Waals surface area (Å²) in [6.45, 7) is -4.12. The Bertz CT molecular complexity index is 517. The maximum atomic E-state index is 12.5. The molecule has 0 rings (SSSR count). The molecule has 158 valence electrons. The zero-order valence-corrected chi connectivity index (χ0v) is 14.0. The van der Waals surface area contributed by atoms with E-state index in [9.17, 15) is 31.1 Å². The number of hydrogen-bond acceptors (Lipinski definition) is 4. The van der Waals surface area contributed by atoms with Crippen molar-refractivity contribution in [3.8, 4) is 0 Å². The number of nitrogens with zero attached hydrogens (tertiary/aromatic N) is 3. The van der Waals surface area contributed by atoms with Crippen molar-refractivity contribution in [2.45, 2.75) is 37.7 Å². The number of nitrogens with one attached hydrogen (secondary N) is 1. The van der Waals surface area contributed by atoms with Crippen LogP contribution in [0.5, 0.6) is 0 Å². The maximum Gasteiger partial charge on any atom is 0.401 e. The van der Waals surface area contributed by atoms with Crippen LogP contribution in [-0.2, 0) is 4.79 Å². The number of guanidine groups is 2. The molecule has 0 saturated heterocycles. The number of hydrazone groups is 1. The summed E-state index contributed by atoms with van der Waals surface area (Å²) in [4.78, 5) is 11.0. The Labute approximate surface area is 150 Å². The zero-order valence-electron chi connectivity index (χ0n) is 14.0. The lowest BCUT2D eigenvalue weighted by molar-refractivity contribution is -0.191. The van der Waals surface area contributed by atoms with Crippen molar-refractivity contribution in [2.24, 2.45) is 22.3 Å². The van der Waals surface area contributed by atoms with Gasteiger partial charge in [-0.2, -0.15) is 26.3 Å². The van der Waals surface area contributed by atoms with Gasteiger partial charge in [-0.15, -0.1) is 5.10 Å². The van der Waals surface area contributed by atoms with Gasteiger partial charge in [-0.1, -0.05) is 0 Å². The van der Waals surface area contributed by atoms with E-state index in [0.29, 0.717) is 0 Å². The Hall–Kier alpha value is -2.45. The number of carboxylic acid groups (broad SMARTS) is 1. The van der Waals surface area contributed by atoms with Crippen LogP contribution in [0.1, 0.15) is 19.3 Å². The molecule has 0 amide bonds. The minimum atomic E-state index is -5.00. The fourth-order valence-electron chi connectivity index (χ4n) is 2.16. The number of nitrogens with two attached hydrogens (primary N) is 3. The second kappa shape index (κ2) is 10.0. The highest BCUT2D eigenvalue weighted by Crippen LogP contribution is 2.25. The smallest absolute Gasteiger partial charge is 0.401 e. The predicted octanol–water partition coefficient (Wildman–Crippen LogP) is 0.420. The molecule has 0 aromatic heterocycles. The number of aliphatic carboxylic acids is 1. The van der Waals surface area contributed by atoms with Gasteiger partial charge < -0.3 is 22.3 Å². The quantitative estimate of drug-likeness (QED) is 0.115. The Balaban J connectivity index is 5.00. The van der Waals surface area contributed by atoms with Gasteiger partial charge in [0.25, 0.3) is 0 Å². The molecule has 0 aliphatic rings. The van der Waals surface area contributed by atoms with Crippen LogP contribution in [0.25, 0.3) is 0 Å². The van der Waals surface area contributed by atoms with E-state index >= 15 is 0 Å². The van der Waals surface area contributed by atoms with E-state index in [1.54, 1.807) is 0 Å². The summed E-state index contributed by atoms with van der Waals surface area (Å²) in [5.74, 6) is -2.78. The van der Waals surface area contributed by atoms with E-state index in [4.69, 9.17) is 27.7 Å². The van der Waals surface area contributed by atoms with Crippen LogP contribution in [0.3, 0.4) is 0 Å². The monoisotopic (exact) mass is 409 g/mol. The third-order valence-corrected chi connectivity index (χ3v) is 3.10. The fraction of sp³-hybridized carbons (Fsp3) is 0.750. The van der Waals surface area contributed by atoms with Gasteiger partial charge in [0, 0.05) is 6.54 Å². The van der Waals surface area contributed by atoms with E-state index in [-0.39, 0.29) is 24.3 Å². The number of carbonyl (C=O) groups is 1. The average molecular weight is 409 g/mol. The molecule has 0 aliphatic carbocycles. The topological polar surface area (TPSA) is 158 Å². The molecule has 0 fully saturated rings. The first-order valence-corrected chi connectivity index (χ1v) is 7.44. The van der Waals surface area contributed by atoms with Crippen LogP contribution in [0.15, 0.2) is 5.10 Å². The van der Waals surface area contributed by atoms with Gasteiger partial charge in [0.05, 0.1) is 13.1 Å². The Morgan fingerprint density at radius 1 is 1.04 bits per heavy atom. The molecule has 0 radical (unpaired) electrons. The third-order valence-electron chi connectivity index (χ3n) is 3.10. The number of halogens is 6. The lowest BCUT2D eigenvalue weighted by Gasteiger charge is -2.30. The van der Waals surface area contributed by atoms with Gasteiger partial charge in [-0.3, -0.25) is 15.1 Å². The molecule has 0 unspecified atom stereocenters. The standard InChI is InChI=1S/C12H21F6N7O2/c13-11(14,15)5-24(6-12(16,17)18)7(8(26)27)3-1-2-4-25(10(21)22)23-9(19)20/h7H,1-6H2,(H3,21,22)(H,26,27)(H4,19,20,23)/t7-/m0/s1. The molecule has 0 aliphatic heterocycles. The molecule has 0 aromatic carbocycles. The minimum Gasteiger partial charge on any atom is -0.480 e. The molecule has 0 heterocycles. The molecule has 0 spiro atoms. The molecular formula is C12H21F6N7O2. The maximum absolute atomic E-state index is 12.5. The number of hydrogen-bond donors (Lipinski definition) is 5. The molecule has 9 nitrogen and oxygen atoms in total. The molecule has 0 aromatic rings. The lowest BCUT2D eigenvalue weighted by Crippen LogP contribution is -2.49. The Morgan fingerprint density at radius 3 is 1.85 bits per heavy atom. The van der Waals surface area contributed by atoms with Crippen LogP contribution < -0.4 is 17.2 Å². The van der Waals surface area contributed by atoms with Gasteiger partial charge in [0.1, 0.15) is 6.04 Å². The highest BCUT2D eigenvalue weighted by molar-refractivity contribution is 5.80. The first-order valence-electron chi connectivity index (χ1n) is 7.44. The minimum absolute atomic E-state index is 0.0615. The summed E-state index contributed by atoms with van der Waals surface area (Å²) >= 11 is 0. The molecule has 27 heavy (non-hydrogen) atoms. The second-order valence-electron chi connectivity index (χ2n) is 5.52. The summed E-state index contributed by atoms with van der Waals surface area (Å²) in [5.41, 5.74) is 15.4. The SMILES string of the molecule is N=C(N)N(CCCC[C@@H](C(=O)O)N(CC(F)(F)F)CC(F)(F)F)N=C(N)N. The zero-order chi connectivity index (χ0) is 21.4. The van der Waals surface area contributed by atoms with Crippen LogP contribution in [0.4, 0.5) is 26.3 Å². The van der Waals surface area contributed by atoms with Gasteiger partial charge in [-0.25, -0.2) is 5.01 Å². The predicted molar refractivity (Wildman–Crippen MR) is 83.4 cm³/mol. The van der Waals surface area contributed by atoms with Gasteiger partial charge in [0.2, 0.25) is 11.9 Å². The molecule has 1 atom stereocenters. The van der Waals surface area contributed by atoms with Crippen LogP contribution >= 0.6 is 0 Å². The summed E-state index contributed by atoms with van der Waals surface area (Å²) < 4.78 is 75.1. The lowest BCUT2D eigenvalue weighted by atomic mass is 10.1. The molecule has 15 heteroatoms. The first-order chi connectivity index (χ1) is 12.1. The van der Waals surface area contributed by atoms with Gasteiger partial charge in [0.15, 0.2) is 0 Å². The molecule has 0 saturated carbocycles. The molecule has 0 bridgehead atoms. The van der Waals surface area contributed by atoms with Gasteiger partial charge >= 0.3 is 18.3 Å². The Morgan fingerprint density at radius 2 is 1.52 bits per heavy atom. The number of unbranched alkanes of at least 4 members (excludes halogenated alkanes) is 1. The van der Waals surface area contributed by atoms with E-state index < -0.39 is 55.8 Å². The number of carboxylic acids is 1. The third kappa shape index (κ3) is 11.7. The van der Waals surface area contributed by atoms with Crippen LogP contribution in [0, 0.1) is 5.41 Å². The van der Waals surface area contributed by atoms with Crippen molar-refractivity contribution in [3.63, 3.8) is 0 Å². The van der Waals surface area contributed by atoms with Gasteiger partial charge in [-0.05, 0) is 19.3 Å². The average Bonchev–Trinajstić information content (AvgIpc) is 2.40. The fourth-order valence-corrected chi connectivity index (χ4v) is 2.16. The van der Waals surface area contributed by atoms with Crippen molar-refractivity contribution < 1.29 is 36.2 Å². The van der Waals surface area contributed by atoms with Crippen molar-refractivity contribution in [3.05, 3.63) is 0 Å². The van der Waals surface area contributed by atoms with Crippen molar-refractivity contribution in [1.82, 2.24) is 9.91 Å². The summed E-state index contributed by atoms with van der Waals surface area (Å²) in [7, 11) is 0. The van der Waals surface area contributed by atoms with Crippen LogP contribution in [0.2, 0.25) is 0 Å². The van der Waals surface area contributed by atoms with E-state index in [1.807, 2.05) is 0 Å². The summed E-state index contributed by atoms with van der Waals surface area (Å²) in [5, 5.41) is 20.6. The van der Waals surface area contributed by atoms with E-state index in [1.165, 1.54) is 0 Å². The number of rotatable bonds is 10. The van der Waals surface area contributed by atoms with Crippen molar-refractivity contribution >= 4 is 17.9 Å². The highest BCUT2D eigenvalue weighted by Gasteiger charge is 2.42. The first kappa shape index (κ1) is 24.6. The molecular weight excluding hydrogens is 388 g/mol. The van der Waals surface area contributed by atoms with Crippen LogP contribution in [-0.4, -0.2) is 70.9 Å².